The molecule has 0 aliphatic rings. The zero-order valence-electron chi connectivity index (χ0n) is 9.14. The molecule has 0 fully saturated rings. The van der Waals surface area contributed by atoms with E-state index in [9.17, 15) is 4.39 Å². The normalized spacial score (nSPS) is 10.0. The number of aromatic nitrogens is 2. The Morgan fingerprint density at radius 2 is 2.12 bits per heavy atom. The number of nitrogens with zero attached hydrogens (tertiary/aromatic N) is 2. The number of methoxy groups -OCH3 is 1. The summed E-state index contributed by atoms with van der Waals surface area (Å²) in [6, 6.07) is 4.43. The van der Waals surface area contributed by atoms with E-state index in [2.05, 4.69) is 15.3 Å². The summed E-state index contributed by atoms with van der Waals surface area (Å²) >= 11 is 0. The molecule has 1 aromatic heterocycles. The molecule has 6 heteroatoms. The molecule has 0 saturated carbocycles. The van der Waals surface area contributed by atoms with Gasteiger partial charge >= 0.3 is 0 Å². The highest BCUT2D eigenvalue weighted by Crippen LogP contribution is 2.23. The summed E-state index contributed by atoms with van der Waals surface area (Å²) < 4.78 is 18.0. The van der Waals surface area contributed by atoms with Gasteiger partial charge < -0.3 is 15.8 Å². The van der Waals surface area contributed by atoms with Crippen LogP contribution < -0.4 is 15.8 Å². The van der Waals surface area contributed by atoms with Gasteiger partial charge in [0.2, 0.25) is 0 Å². The van der Waals surface area contributed by atoms with Crippen molar-refractivity contribution in [3.63, 3.8) is 0 Å². The smallest absolute Gasteiger partial charge is 0.165 e. The van der Waals surface area contributed by atoms with Crippen LogP contribution in [0.4, 0.5) is 21.7 Å². The predicted molar refractivity (Wildman–Crippen MR) is 62.7 cm³/mol. The van der Waals surface area contributed by atoms with Gasteiger partial charge in [0, 0.05) is 11.8 Å². The summed E-state index contributed by atoms with van der Waals surface area (Å²) in [5.41, 5.74) is 6.07. The number of ether oxygens (including phenoxy) is 1. The van der Waals surface area contributed by atoms with Crippen LogP contribution in [0.2, 0.25) is 0 Å². The van der Waals surface area contributed by atoms with Crippen LogP contribution in [0.15, 0.2) is 30.6 Å². The van der Waals surface area contributed by atoms with E-state index in [1.165, 1.54) is 31.6 Å². The molecular weight excluding hydrogens is 223 g/mol. The monoisotopic (exact) mass is 234 g/mol. The molecule has 0 saturated heterocycles. The van der Waals surface area contributed by atoms with Gasteiger partial charge in [-0.3, -0.25) is 0 Å². The molecule has 88 valence electrons. The van der Waals surface area contributed by atoms with Crippen LogP contribution in [0, 0.1) is 5.82 Å². The zero-order valence-corrected chi connectivity index (χ0v) is 9.14. The SMILES string of the molecule is COc1cc(Nc2cnc(N)cn2)ccc1F. The lowest BCUT2D eigenvalue weighted by atomic mass is 10.3. The fourth-order valence-corrected chi connectivity index (χ4v) is 1.29. The summed E-state index contributed by atoms with van der Waals surface area (Å²) in [6.07, 6.45) is 2.92. The molecule has 5 nitrogen and oxygen atoms in total. The van der Waals surface area contributed by atoms with Gasteiger partial charge in [-0.2, -0.15) is 0 Å². The van der Waals surface area contributed by atoms with Crippen LogP contribution in [0.25, 0.3) is 0 Å². The standard InChI is InChI=1S/C11H11FN4O/c1-17-9-4-7(2-3-8(9)12)16-11-6-14-10(13)5-15-11/h2-6H,1H3,(H2,13,14)(H,15,16). The molecule has 0 unspecified atom stereocenters. The molecule has 17 heavy (non-hydrogen) atoms. The summed E-state index contributed by atoms with van der Waals surface area (Å²) in [7, 11) is 1.41. The molecule has 0 radical (unpaired) electrons. The van der Waals surface area contributed by atoms with Gasteiger partial charge in [-0.15, -0.1) is 0 Å². The van der Waals surface area contributed by atoms with E-state index < -0.39 is 5.82 Å². The first-order valence-corrected chi connectivity index (χ1v) is 4.87. The highest BCUT2D eigenvalue weighted by molar-refractivity contribution is 5.58. The van der Waals surface area contributed by atoms with E-state index in [0.29, 0.717) is 17.3 Å². The predicted octanol–water partition coefficient (Wildman–Crippen LogP) is 1.95. The molecule has 3 N–H and O–H groups in total. The van der Waals surface area contributed by atoms with Gasteiger partial charge in [-0.1, -0.05) is 0 Å². The number of nitrogens with one attached hydrogen (secondary N) is 1. The zero-order chi connectivity index (χ0) is 12.3. The first kappa shape index (κ1) is 11.1. The number of hydrogen-bond acceptors (Lipinski definition) is 5. The number of nitrogen functional groups attached to an aromatic ring is 1. The number of anilines is 3. The molecule has 0 bridgehead atoms. The van der Waals surface area contributed by atoms with Gasteiger partial charge in [-0.25, -0.2) is 14.4 Å². The fourth-order valence-electron chi connectivity index (χ4n) is 1.29. The Balaban J connectivity index is 2.21. The molecule has 0 atom stereocenters. The summed E-state index contributed by atoms with van der Waals surface area (Å²) in [5, 5.41) is 2.96. The van der Waals surface area contributed by atoms with Crippen LogP contribution >= 0.6 is 0 Å². The summed E-state index contributed by atoms with van der Waals surface area (Å²) in [5.74, 6) is 0.611. The number of rotatable bonds is 3. The molecule has 1 heterocycles. The molecule has 2 aromatic rings. The van der Waals surface area contributed by atoms with E-state index in [4.69, 9.17) is 10.5 Å². The van der Waals surface area contributed by atoms with Crippen LogP contribution in [0.3, 0.4) is 0 Å². The first-order chi connectivity index (χ1) is 8.19. The Morgan fingerprint density at radius 1 is 1.29 bits per heavy atom. The summed E-state index contributed by atoms with van der Waals surface area (Å²) in [6.45, 7) is 0. The lowest BCUT2D eigenvalue weighted by Gasteiger charge is -2.07. The maximum absolute atomic E-state index is 13.2. The van der Waals surface area contributed by atoms with Crippen molar-refractivity contribution in [1.82, 2.24) is 9.97 Å². The minimum Gasteiger partial charge on any atom is -0.494 e. The second-order valence-corrected chi connectivity index (χ2v) is 3.30. The molecule has 0 aliphatic carbocycles. The van der Waals surface area contributed by atoms with E-state index >= 15 is 0 Å². The van der Waals surface area contributed by atoms with Gasteiger partial charge in [0.15, 0.2) is 11.6 Å². The Hall–Kier alpha value is -2.37. The number of hydrogen-bond donors (Lipinski definition) is 2. The quantitative estimate of drug-likeness (QED) is 0.849. The Morgan fingerprint density at radius 3 is 2.76 bits per heavy atom. The average Bonchev–Trinajstić information content (AvgIpc) is 2.34. The molecule has 1 aromatic carbocycles. The van der Waals surface area contributed by atoms with Crippen LogP contribution in [0.1, 0.15) is 0 Å². The van der Waals surface area contributed by atoms with Crippen molar-refractivity contribution >= 4 is 17.3 Å². The van der Waals surface area contributed by atoms with Crippen molar-refractivity contribution in [2.24, 2.45) is 0 Å². The molecule has 2 rings (SSSR count). The van der Waals surface area contributed by atoms with E-state index in [1.807, 2.05) is 0 Å². The topological polar surface area (TPSA) is 73.1 Å². The third-order valence-electron chi connectivity index (χ3n) is 2.10. The lowest BCUT2D eigenvalue weighted by Crippen LogP contribution is -1.98. The maximum atomic E-state index is 13.2. The molecular formula is C11H11FN4O. The summed E-state index contributed by atoms with van der Waals surface area (Å²) in [4.78, 5) is 7.90. The second kappa shape index (κ2) is 4.65. The third kappa shape index (κ3) is 2.60. The lowest BCUT2D eigenvalue weighted by molar-refractivity contribution is 0.387. The second-order valence-electron chi connectivity index (χ2n) is 3.30. The number of halogens is 1. The largest absolute Gasteiger partial charge is 0.494 e. The minimum atomic E-state index is -0.415. The Labute approximate surface area is 97.5 Å². The molecule has 0 amide bonds. The highest BCUT2D eigenvalue weighted by atomic mass is 19.1. The van der Waals surface area contributed by atoms with Gasteiger partial charge in [0.1, 0.15) is 11.6 Å². The van der Waals surface area contributed by atoms with Crippen molar-refractivity contribution in [3.8, 4) is 5.75 Å². The van der Waals surface area contributed by atoms with Crippen LogP contribution in [-0.4, -0.2) is 17.1 Å². The van der Waals surface area contributed by atoms with E-state index in [0.717, 1.165) is 0 Å². The number of benzene rings is 1. The van der Waals surface area contributed by atoms with Crippen molar-refractivity contribution < 1.29 is 9.13 Å². The fraction of sp³-hybridized carbons (Fsp3) is 0.0909. The van der Waals surface area contributed by atoms with Gasteiger partial charge in [0.05, 0.1) is 19.5 Å². The Kier molecular flexibility index (Phi) is 3.04. The average molecular weight is 234 g/mol. The first-order valence-electron chi connectivity index (χ1n) is 4.87. The third-order valence-corrected chi connectivity index (χ3v) is 2.10. The minimum absolute atomic E-state index is 0.165. The maximum Gasteiger partial charge on any atom is 0.165 e. The van der Waals surface area contributed by atoms with E-state index in [-0.39, 0.29) is 5.75 Å². The van der Waals surface area contributed by atoms with Crippen molar-refractivity contribution in [1.29, 1.82) is 0 Å². The number of nitrogens with two attached hydrogens (primary N) is 1. The molecule has 0 aliphatic heterocycles. The van der Waals surface area contributed by atoms with Crippen LogP contribution in [-0.2, 0) is 0 Å². The molecule has 0 spiro atoms. The Bertz CT molecular complexity index is 515. The van der Waals surface area contributed by atoms with Gasteiger partial charge in [0.25, 0.3) is 0 Å². The van der Waals surface area contributed by atoms with Crippen molar-refractivity contribution in [2.75, 3.05) is 18.2 Å². The highest BCUT2D eigenvalue weighted by Gasteiger charge is 2.04. The van der Waals surface area contributed by atoms with Crippen molar-refractivity contribution in [2.45, 2.75) is 0 Å². The van der Waals surface area contributed by atoms with Gasteiger partial charge in [-0.05, 0) is 12.1 Å². The van der Waals surface area contributed by atoms with E-state index in [1.54, 1.807) is 6.07 Å². The van der Waals surface area contributed by atoms with Crippen LogP contribution in [0.5, 0.6) is 5.75 Å². The van der Waals surface area contributed by atoms with Crippen molar-refractivity contribution in [3.05, 3.63) is 36.4 Å².